The number of amides is 1. The number of rotatable bonds is 4. The second kappa shape index (κ2) is 8.38. The largest absolute Gasteiger partial charge is 0.378 e. The molecule has 2 aromatic carbocycles. The van der Waals surface area contributed by atoms with E-state index >= 15 is 0 Å². The van der Waals surface area contributed by atoms with Gasteiger partial charge in [-0.3, -0.25) is 14.6 Å². The maximum atomic E-state index is 12.7. The summed E-state index contributed by atoms with van der Waals surface area (Å²) in [4.78, 5) is 19.5. The third kappa shape index (κ3) is 4.15. The molecule has 5 nitrogen and oxygen atoms in total. The summed E-state index contributed by atoms with van der Waals surface area (Å²) in [5.41, 5.74) is 1.39. The van der Waals surface area contributed by atoms with E-state index in [0.29, 0.717) is 13.2 Å². The molecule has 4 rings (SSSR count). The van der Waals surface area contributed by atoms with Crippen LogP contribution >= 0.6 is 0 Å². The van der Waals surface area contributed by atoms with Crippen LogP contribution in [-0.2, 0) is 16.1 Å². The van der Waals surface area contributed by atoms with E-state index < -0.39 is 0 Å². The number of piperazine rings is 1. The summed E-state index contributed by atoms with van der Waals surface area (Å²) >= 11 is 0. The highest BCUT2D eigenvalue weighted by molar-refractivity contribution is 5.85. The van der Waals surface area contributed by atoms with Crippen molar-refractivity contribution in [3.8, 4) is 0 Å². The predicted molar refractivity (Wildman–Crippen MR) is 108 cm³/mol. The Bertz CT molecular complexity index is 775. The second-order valence-electron chi connectivity index (χ2n) is 7.56. The summed E-state index contributed by atoms with van der Waals surface area (Å²) in [6, 6.07) is 15.1. The average molecular weight is 367 g/mol. The third-order valence-corrected chi connectivity index (χ3v) is 5.91. The molecule has 0 aromatic heterocycles. The van der Waals surface area contributed by atoms with Crippen LogP contribution in [0.2, 0.25) is 0 Å². The zero-order valence-corrected chi connectivity index (χ0v) is 16.1. The summed E-state index contributed by atoms with van der Waals surface area (Å²) in [6.45, 7) is 9.71. The molecule has 2 saturated heterocycles. The number of nitrogens with zero attached hydrogens (tertiary/aromatic N) is 3. The average Bonchev–Trinajstić information content (AvgIpc) is 2.74. The van der Waals surface area contributed by atoms with Gasteiger partial charge < -0.3 is 9.64 Å². The number of hydrogen-bond acceptors (Lipinski definition) is 4. The number of hydrogen-bond donors (Lipinski definition) is 0. The lowest BCUT2D eigenvalue weighted by Crippen LogP contribution is -2.55. The Hall–Kier alpha value is -1.95. The Balaban J connectivity index is 1.34. The van der Waals surface area contributed by atoms with Gasteiger partial charge in [0.2, 0.25) is 5.91 Å². The van der Waals surface area contributed by atoms with Crippen molar-refractivity contribution >= 4 is 16.7 Å². The zero-order valence-electron chi connectivity index (χ0n) is 16.1. The van der Waals surface area contributed by atoms with Gasteiger partial charge in [0.05, 0.1) is 19.3 Å². The molecule has 0 saturated carbocycles. The van der Waals surface area contributed by atoms with Gasteiger partial charge >= 0.3 is 0 Å². The van der Waals surface area contributed by atoms with E-state index in [1.807, 2.05) is 4.90 Å². The molecule has 2 aromatic rings. The Labute approximate surface area is 161 Å². The van der Waals surface area contributed by atoms with Crippen molar-refractivity contribution < 1.29 is 9.53 Å². The molecule has 0 radical (unpaired) electrons. The van der Waals surface area contributed by atoms with Crippen molar-refractivity contribution in [1.82, 2.24) is 14.7 Å². The molecule has 0 aliphatic carbocycles. The number of carbonyl (C=O) groups is 1. The summed E-state index contributed by atoms with van der Waals surface area (Å²) in [7, 11) is 0. The number of morpholine rings is 1. The Morgan fingerprint density at radius 3 is 2.44 bits per heavy atom. The van der Waals surface area contributed by atoms with Crippen LogP contribution in [0.15, 0.2) is 42.5 Å². The fraction of sp³-hybridized carbons (Fsp3) is 0.500. The molecule has 2 heterocycles. The highest BCUT2D eigenvalue weighted by atomic mass is 16.5. The van der Waals surface area contributed by atoms with E-state index in [2.05, 4.69) is 59.2 Å². The minimum absolute atomic E-state index is 0.0391. The number of benzene rings is 2. The van der Waals surface area contributed by atoms with Gasteiger partial charge in [0.1, 0.15) is 0 Å². The molecular formula is C22H29N3O2. The summed E-state index contributed by atoms with van der Waals surface area (Å²) in [5.74, 6) is 0.251. The SMILES string of the molecule is CC(C(=O)N1CCOCC1)N1CCN(Cc2cccc3ccccc23)CC1. The number of carbonyl (C=O) groups excluding carboxylic acids is 1. The first-order valence-electron chi connectivity index (χ1n) is 10.0. The van der Waals surface area contributed by atoms with Crippen molar-refractivity contribution in [3.05, 3.63) is 48.0 Å². The number of fused-ring (bicyclic) bond motifs is 1. The third-order valence-electron chi connectivity index (χ3n) is 5.91. The van der Waals surface area contributed by atoms with Crippen LogP contribution in [0.3, 0.4) is 0 Å². The standard InChI is InChI=1S/C22H29N3O2/c1-18(22(26)25-13-15-27-16-14-25)24-11-9-23(10-12-24)17-20-7-4-6-19-5-2-3-8-21(19)20/h2-8,18H,9-17H2,1H3. The molecule has 0 spiro atoms. The maximum absolute atomic E-state index is 12.7. The fourth-order valence-electron chi connectivity index (χ4n) is 4.18. The molecular weight excluding hydrogens is 338 g/mol. The predicted octanol–water partition coefficient (Wildman–Crippen LogP) is 2.20. The van der Waals surface area contributed by atoms with Gasteiger partial charge in [-0.25, -0.2) is 0 Å². The first-order valence-corrected chi connectivity index (χ1v) is 10.0. The normalized spacial score (nSPS) is 20.7. The van der Waals surface area contributed by atoms with Crippen LogP contribution < -0.4 is 0 Å². The maximum Gasteiger partial charge on any atom is 0.239 e. The summed E-state index contributed by atoms with van der Waals surface area (Å²) in [5, 5.41) is 2.65. The van der Waals surface area contributed by atoms with Gasteiger partial charge in [-0.2, -0.15) is 0 Å². The molecule has 2 aliphatic rings. The molecule has 2 aliphatic heterocycles. The molecule has 2 fully saturated rings. The molecule has 0 N–H and O–H groups in total. The van der Waals surface area contributed by atoms with Crippen LogP contribution in [0.1, 0.15) is 12.5 Å². The molecule has 1 unspecified atom stereocenters. The van der Waals surface area contributed by atoms with E-state index in [-0.39, 0.29) is 11.9 Å². The topological polar surface area (TPSA) is 36.0 Å². The van der Waals surface area contributed by atoms with Gasteiger partial charge in [-0.15, -0.1) is 0 Å². The van der Waals surface area contributed by atoms with Crippen LogP contribution in [0.5, 0.6) is 0 Å². The Morgan fingerprint density at radius 2 is 1.67 bits per heavy atom. The van der Waals surface area contributed by atoms with Crippen molar-refractivity contribution in [2.24, 2.45) is 0 Å². The lowest BCUT2D eigenvalue weighted by Gasteiger charge is -2.39. The smallest absolute Gasteiger partial charge is 0.239 e. The summed E-state index contributed by atoms with van der Waals surface area (Å²) in [6.07, 6.45) is 0. The van der Waals surface area contributed by atoms with E-state index in [4.69, 9.17) is 4.74 Å². The van der Waals surface area contributed by atoms with E-state index in [9.17, 15) is 4.79 Å². The van der Waals surface area contributed by atoms with Gasteiger partial charge in [-0.1, -0.05) is 42.5 Å². The van der Waals surface area contributed by atoms with E-state index in [0.717, 1.165) is 45.8 Å². The van der Waals surface area contributed by atoms with E-state index in [1.54, 1.807) is 0 Å². The minimum Gasteiger partial charge on any atom is -0.378 e. The van der Waals surface area contributed by atoms with Gasteiger partial charge in [0.15, 0.2) is 0 Å². The molecule has 1 atom stereocenters. The van der Waals surface area contributed by atoms with E-state index in [1.165, 1.54) is 16.3 Å². The molecule has 5 heteroatoms. The zero-order chi connectivity index (χ0) is 18.6. The van der Waals surface area contributed by atoms with Crippen LogP contribution in [0.25, 0.3) is 10.8 Å². The van der Waals surface area contributed by atoms with Crippen LogP contribution in [0, 0.1) is 0 Å². The Morgan fingerprint density at radius 1 is 0.963 bits per heavy atom. The van der Waals surface area contributed by atoms with Gasteiger partial charge in [0.25, 0.3) is 0 Å². The molecule has 1 amide bonds. The van der Waals surface area contributed by atoms with Crippen LogP contribution in [0.4, 0.5) is 0 Å². The number of ether oxygens (including phenoxy) is 1. The highest BCUT2D eigenvalue weighted by Crippen LogP contribution is 2.21. The van der Waals surface area contributed by atoms with Crippen molar-refractivity contribution in [1.29, 1.82) is 0 Å². The van der Waals surface area contributed by atoms with Gasteiger partial charge in [0, 0.05) is 45.8 Å². The molecule has 144 valence electrons. The van der Waals surface area contributed by atoms with Crippen molar-refractivity contribution in [2.45, 2.75) is 19.5 Å². The van der Waals surface area contributed by atoms with Gasteiger partial charge in [-0.05, 0) is 23.3 Å². The molecule has 27 heavy (non-hydrogen) atoms. The summed E-state index contributed by atoms with van der Waals surface area (Å²) < 4.78 is 5.36. The fourth-order valence-corrected chi connectivity index (χ4v) is 4.18. The quantitative estimate of drug-likeness (QED) is 0.830. The van der Waals surface area contributed by atoms with Crippen LogP contribution in [-0.4, -0.2) is 79.1 Å². The first kappa shape index (κ1) is 18.4. The lowest BCUT2D eigenvalue weighted by atomic mass is 10.0. The monoisotopic (exact) mass is 367 g/mol. The lowest BCUT2D eigenvalue weighted by molar-refractivity contribution is -0.141. The first-order chi connectivity index (χ1) is 13.2. The molecule has 0 bridgehead atoms. The highest BCUT2D eigenvalue weighted by Gasteiger charge is 2.29. The van der Waals surface area contributed by atoms with Crippen molar-refractivity contribution in [3.63, 3.8) is 0 Å². The Kier molecular flexibility index (Phi) is 5.72. The van der Waals surface area contributed by atoms with Crippen molar-refractivity contribution in [2.75, 3.05) is 52.5 Å². The second-order valence-corrected chi connectivity index (χ2v) is 7.56. The minimum atomic E-state index is -0.0391.